The van der Waals surface area contributed by atoms with Crippen LogP contribution in [0.3, 0.4) is 0 Å². The Hall–Kier alpha value is -2.16. The number of ether oxygens (including phenoxy) is 2. The molecule has 2 aromatic carbocycles. The van der Waals surface area contributed by atoms with Crippen LogP contribution in [0.1, 0.15) is 12.0 Å². The lowest BCUT2D eigenvalue weighted by molar-refractivity contribution is 0.297. The van der Waals surface area contributed by atoms with Gasteiger partial charge in [0.2, 0.25) is 0 Å². The van der Waals surface area contributed by atoms with Gasteiger partial charge in [0.05, 0.1) is 13.2 Å². The number of aryl methyl sites for hydroxylation is 1. The van der Waals surface area contributed by atoms with E-state index in [0.717, 1.165) is 34.6 Å². The second kappa shape index (κ2) is 4.84. The minimum atomic E-state index is 0.288. The zero-order valence-electron chi connectivity index (χ0n) is 10.8. The molecule has 3 rings (SSSR count). The fourth-order valence-corrected chi connectivity index (χ4v) is 2.30. The molecule has 0 radical (unpaired) electrons. The van der Waals surface area contributed by atoms with E-state index in [1.807, 2.05) is 31.2 Å². The summed E-state index contributed by atoms with van der Waals surface area (Å²) in [5, 5.41) is 9.47. The van der Waals surface area contributed by atoms with Crippen molar-refractivity contribution in [3.8, 4) is 28.4 Å². The first-order valence-electron chi connectivity index (χ1n) is 6.44. The maximum absolute atomic E-state index is 9.47. The first-order valence-corrected chi connectivity index (χ1v) is 6.44. The average Bonchev–Trinajstić information content (AvgIpc) is 2.63. The van der Waals surface area contributed by atoms with Crippen LogP contribution in [0, 0.1) is 6.92 Å². The van der Waals surface area contributed by atoms with Gasteiger partial charge in [-0.1, -0.05) is 12.1 Å². The van der Waals surface area contributed by atoms with E-state index in [4.69, 9.17) is 9.47 Å². The molecule has 0 aromatic heterocycles. The largest absolute Gasteiger partial charge is 0.508 e. The van der Waals surface area contributed by atoms with E-state index in [9.17, 15) is 5.11 Å². The SMILES string of the molecule is Cc1cc(O)ccc1-c1ccc2c(c1)OCCCO2. The van der Waals surface area contributed by atoms with Crippen LogP contribution >= 0.6 is 0 Å². The number of rotatable bonds is 1. The molecular weight excluding hydrogens is 240 g/mol. The molecule has 0 unspecified atom stereocenters. The lowest BCUT2D eigenvalue weighted by atomic mass is 10.00. The molecule has 0 spiro atoms. The third-order valence-corrected chi connectivity index (χ3v) is 3.27. The summed E-state index contributed by atoms with van der Waals surface area (Å²) < 4.78 is 11.3. The molecule has 2 aromatic rings. The maximum atomic E-state index is 9.47. The molecule has 19 heavy (non-hydrogen) atoms. The predicted octanol–water partition coefficient (Wildman–Crippen LogP) is 3.53. The van der Waals surface area contributed by atoms with Crippen LogP contribution in [0.15, 0.2) is 36.4 Å². The lowest BCUT2D eigenvalue weighted by Crippen LogP contribution is -1.97. The summed E-state index contributed by atoms with van der Waals surface area (Å²) in [6, 6.07) is 11.4. The first kappa shape index (κ1) is 11.9. The lowest BCUT2D eigenvalue weighted by Gasteiger charge is -2.11. The van der Waals surface area contributed by atoms with Crippen molar-refractivity contribution >= 4 is 0 Å². The van der Waals surface area contributed by atoms with Gasteiger partial charge in [0.15, 0.2) is 11.5 Å². The number of hydrogen-bond acceptors (Lipinski definition) is 3. The van der Waals surface area contributed by atoms with E-state index in [0.29, 0.717) is 13.2 Å². The number of benzene rings is 2. The Bertz CT molecular complexity index is 605. The Labute approximate surface area is 112 Å². The Balaban J connectivity index is 2.03. The van der Waals surface area contributed by atoms with Gasteiger partial charge >= 0.3 is 0 Å². The third-order valence-electron chi connectivity index (χ3n) is 3.27. The van der Waals surface area contributed by atoms with Gasteiger partial charge < -0.3 is 14.6 Å². The summed E-state index contributed by atoms with van der Waals surface area (Å²) in [7, 11) is 0. The molecule has 0 bridgehead atoms. The molecular formula is C16H16O3. The molecule has 0 saturated heterocycles. The standard InChI is InChI=1S/C16H16O3/c1-11-9-13(17)4-5-14(11)12-3-6-15-16(10-12)19-8-2-7-18-15/h3-6,9-10,17H,2,7-8H2,1H3. The predicted molar refractivity (Wildman–Crippen MR) is 73.9 cm³/mol. The molecule has 0 saturated carbocycles. The molecule has 3 heteroatoms. The van der Waals surface area contributed by atoms with E-state index < -0.39 is 0 Å². The van der Waals surface area contributed by atoms with Crippen LogP contribution in [0.5, 0.6) is 17.2 Å². The van der Waals surface area contributed by atoms with Crippen molar-refractivity contribution < 1.29 is 14.6 Å². The summed E-state index contributed by atoms with van der Waals surface area (Å²) in [4.78, 5) is 0. The summed E-state index contributed by atoms with van der Waals surface area (Å²) in [5.41, 5.74) is 3.20. The van der Waals surface area contributed by atoms with Gasteiger partial charge in [0, 0.05) is 6.42 Å². The molecule has 98 valence electrons. The normalized spacial score (nSPS) is 13.9. The van der Waals surface area contributed by atoms with Gasteiger partial charge in [0.1, 0.15) is 5.75 Å². The highest BCUT2D eigenvalue weighted by Gasteiger charge is 2.12. The molecule has 3 nitrogen and oxygen atoms in total. The number of phenols is 1. The minimum Gasteiger partial charge on any atom is -0.508 e. The van der Waals surface area contributed by atoms with E-state index >= 15 is 0 Å². The van der Waals surface area contributed by atoms with Crippen molar-refractivity contribution in [2.24, 2.45) is 0 Å². The van der Waals surface area contributed by atoms with Gasteiger partial charge in [-0.2, -0.15) is 0 Å². The summed E-state index contributed by atoms with van der Waals surface area (Å²) >= 11 is 0. The fourth-order valence-electron chi connectivity index (χ4n) is 2.30. The van der Waals surface area contributed by atoms with Crippen molar-refractivity contribution in [2.45, 2.75) is 13.3 Å². The van der Waals surface area contributed by atoms with Gasteiger partial charge in [0.25, 0.3) is 0 Å². The van der Waals surface area contributed by atoms with E-state index in [1.165, 1.54) is 0 Å². The molecule has 1 aliphatic heterocycles. The average molecular weight is 256 g/mol. The zero-order valence-corrected chi connectivity index (χ0v) is 10.8. The number of aromatic hydroxyl groups is 1. The van der Waals surface area contributed by atoms with Gasteiger partial charge in [-0.05, 0) is 47.9 Å². The van der Waals surface area contributed by atoms with Crippen molar-refractivity contribution in [1.29, 1.82) is 0 Å². The molecule has 0 aliphatic carbocycles. The topological polar surface area (TPSA) is 38.7 Å². The molecule has 1 heterocycles. The van der Waals surface area contributed by atoms with Crippen molar-refractivity contribution in [3.05, 3.63) is 42.0 Å². The van der Waals surface area contributed by atoms with Crippen molar-refractivity contribution in [2.75, 3.05) is 13.2 Å². The van der Waals surface area contributed by atoms with E-state index in [-0.39, 0.29) is 5.75 Å². The zero-order chi connectivity index (χ0) is 13.2. The molecule has 0 amide bonds. The Morgan fingerprint density at radius 1 is 0.947 bits per heavy atom. The van der Waals surface area contributed by atoms with Gasteiger partial charge in [-0.25, -0.2) is 0 Å². The highest BCUT2D eigenvalue weighted by Crippen LogP contribution is 2.35. The van der Waals surface area contributed by atoms with Crippen LogP contribution in [0.25, 0.3) is 11.1 Å². The molecule has 1 aliphatic rings. The number of hydrogen-bond donors (Lipinski definition) is 1. The quantitative estimate of drug-likeness (QED) is 0.848. The minimum absolute atomic E-state index is 0.288. The van der Waals surface area contributed by atoms with Crippen LogP contribution in [-0.2, 0) is 0 Å². The summed E-state index contributed by atoms with van der Waals surface area (Å²) in [6.07, 6.45) is 0.905. The third kappa shape index (κ3) is 2.36. The second-order valence-electron chi connectivity index (χ2n) is 4.71. The van der Waals surface area contributed by atoms with Crippen LogP contribution in [0.4, 0.5) is 0 Å². The van der Waals surface area contributed by atoms with Crippen LogP contribution in [0.2, 0.25) is 0 Å². The maximum Gasteiger partial charge on any atom is 0.161 e. The second-order valence-corrected chi connectivity index (χ2v) is 4.71. The van der Waals surface area contributed by atoms with E-state index in [2.05, 4.69) is 0 Å². The Morgan fingerprint density at radius 2 is 1.74 bits per heavy atom. The molecule has 0 atom stereocenters. The van der Waals surface area contributed by atoms with Crippen molar-refractivity contribution in [3.63, 3.8) is 0 Å². The monoisotopic (exact) mass is 256 g/mol. The number of phenolic OH excluding ortho intramolecular Hbond substituents is 1. The van der Waals surface area contributed by atoms with Crippen LogP contribution in [-0.4, -0.2) is 18.3 Å². The number of fused-ring (bicyclic) bond motifs is 1. The highest BCUT2D eigenvalue weighted by molar-refractivity contribution is 5.71. The Kier molecular flexibility index (Phi) is 3.03. The Morgan fingerprint density at radius 3 is 2.53 bits per heavy atom. The van der Waals surface area contributed by atoms with Crippen molar-refractivity contribution in [1.82, 2.24) is 0 Å². The highest BCUT2D eigenvalue weighted by atomic mass is 16.5. The molecule has 0 fully saturated rings. The summed E-state index contributed by atoms with van der Waals surface area (Å²) in [6.45, 7) is 3.37. The van der Waals surface area contributed by atoms with Gasteiger partial charge in [-0.15, -0.1) is 0 Å². The molecule has 1 N–H and O–H groups in total. The summed E-state index contributed by atoms with van der Waals surface area (Å²) in [5.74, 6) is 1.88. The van der Waals surface area contributed by atoms with E-state index in [1.54, 1.807) is 12.1 Å². The fraction of sp³-hybridized carbons (Fsp3) is 0.250. The first-order chi connectivity index (χ1) is 9.24. The smallest absolute Gasteiger partial charge is 0.161 e. The van der Waals surface area contributed by atoms with Gasteiger partial charge in [-0.3, -0.25) is 0 Å². The van der Waals surface area contributed by atoms with Crippen LogP contribution < -0.4 is 9.47 Å².